The molecule has 4 nitrogen and oxygen atoms in total. The molecular formula is C22H32FN3O. The Kier molecular flexibility index (Phi) is 9.62. The van der Waals surface area contributed by atoms with Crippen molar-refractivity contribution in [1.82, 2.24) is 5.32 Å². The Labute approximate surface area is 162 Å². The molecule has 1 N–H and O–H groups in total. The molecule has 0 aliphatic heterocycles. The molecule has 1 aromatic carbocycles. The number of carbonyl (C=O) groups is 1. The van der Waals surface area contributed by atoms with Crippen LogP contribution in [0.15, 0.2) is 58.5 Å². The maximum Gasteiger partial charge on any atom is 0.223 e. The number of azo groups is 1. The van der Waals surface area contributed by atoms with Crippen LogP contribution in [0.1, 0.15) is 65.5 Å². The summed E-state index contributed by atoms with van der Waals surface area (Å²) in [5.41, 5.74) is 1.93. The van der Waals surface area contributed by atoms with E-state index in [0.29, 0.717) is 17.3 Å². The fourth-order valence-electron chi connectivity index (χ4n) is 2.72. The zero-order valence-corrected chi connectivity index (χ0v) is 17.1. The second kappa shape index (κ2) is 11.4. The Morgan fingerprint density at radius 2 is 1.85 bits per heavy atom. The fourth-order valence-corrected chi connectivity index (χ4v) is 2.72. The number of nitrogens with zero attached hydrogens (tertiary/aromatic N) is 2. The van der Waals surface area contributed by atoms with E-state index in [1.807, 2.05) is 13.8 Å². The number of allylic oxidation sites excluding steroid dienone is 2. The summed E-state index contributed by atoms with van der Waals surface area (Å²) in [6.45, 7) is 13.6. The van der Waals surface area contributed by atoms with E-state index >= 15 is 0 Å². The van der Waals surface area contributed by atoms with Crippen molar-refractivity contribution in [2.75, 3.05) is 0 Å². The first-order chi connectivity index (χ1) is 12.8. The largest absolute Gasteiger partial charge is 0.343 e. The molecule has 0 saturated heterocycles. The van der Waals surface area contributed by atoms with Gasteiger partial charge in [-0.2, -0.15) is 10.2 Å². The molecule has 2 unspecified atom stereocenters. The zero-order chi connectivity index (χ0) is 20.4. The number of halogens is 1. The van der Waals surface area contributed by atoms with E-state index in [0.717, 1.165) is 24.8 Å². The van der Waals surface area contributed by atoms with Gasteiger partial charge in [0.1, 0.15) is 5.82 Å². The highest BCUT2D eigenvalue weighted by Crippen LogP contribution is 2.26. The second-order valence-electron chi connectivity index (χ2n) is 7.22. The van der Waals surface area contributed by atoms with Crippen LogP contribution in [0.2, 0.25) is 0 Å². The Bertz CT molecular complexity index is 677. The van der Waals surface area contributed by atoms with Crippen molar-refractivity contribution >= 4 is 5.91 Å². The van der Waals surface area contributed by atoms with Gasteiger partial charge in [-0.25, -0.2) is 4.39 Å². The maximum absolute atomic E-state index is 13.4. The van der Waals surface area contributed by atoms with Gasteiger partial charge in [-0.3, -0.25) is 4.79 Å². The van der Waals surface area contributed by atoms with Gasteiger partial charge < -0.3 is 5.32 Å². The minimum atomic E-state index is -0.487. The van der Waals surface area contributed by atoms with Crippen LogP contribution in [0, 0.1) is 17.7 Å². The minimum Gasteiger partial charge on any atom is -0.343 e. The number of rotatable bonds is 10. The van der Waals surface area contributed by atoms with Crippen LogP contribution in [-0.2, 0) is 4.79 Å². The molecule has 0 fully saturated rings. The third-order valence-electron chi connectivity index (χ3n) is 4.37. The Morgan fingerprint density at radius 1 is 1.22 bits per heavy atom. The number of nitrogens with one attached hydrogen (secondary N) is 1. The number of hydrogen-bond acceptors (Lipinski definition) is 3. The van der Waals surface area contributed by atoms with Crippen molar-refractivity contribution in [3.05, 3.63) is 59.7 Å². The van der Waals surface area contributed by atoms with Crippen LogP contribution in [0.3, 0.4) is 0 Å². The lowest BCUT2D eigenvalue weighted by Crippen LogP contribution is -2.34. The molecule has 0 heterocycles. The van der Waals surface area contributed by atoms with E-state index in [9.17, 15) is 9.18 Å². The van der Waals surface area contributed by atoms with Crippen LogP contribution < -0.4 is 5.32 Å². The van der Waals surface area contributed by atoms with E-state index in [-0.39, 0.29) is 17.6 Å². The molecule has 2 atom stereocenters. The predicted molar refractivity (Wildman–Crippen MR) is 109 cm³/mol. The van der Waals surface area contributed by atoms with Crippen molar-refractivity contribution in [2.24, 2.45) is 22.1 Å². The summed E-state index contributed by atoms with van der Waals surface area (Å²) in [5.74, 6) is 0.150. The highest BCUT2D eigenvalue weighted by Gasteiger charge is 2.24. The van der Waals surface area contributed by atoms with Gasteiger partial charge in [-0.1, -0.05) is 52.0 Å². The normalized spacial score (nSPS) is 14.4. The van der Waals surface area contributed by atoms with Crippen LogP contribution in [0.5, 0.6) is 0 Å². The van der Waals surface area contributed by atoms with Gasteiger partial charge >= 0.3 is 0 Å². The number of hydrogen-bond donors (Lipinski definition) is 1. The highest BCUT2D eigenvalue weighted by molar-refractivity contribution is 5.79. The molecule has 0 bridgehead atoms. The first-order valence-electron chi connectivity index (χ1n) is 9.57. The predicted octanol–water partition coefficient (Wildman–Crippen LogP) is 6.34. The smallest absolute Gasteiger partial charge is 0.223 e. The lowest BCUT2D eigenvalue weighted by Gasteiger charge is -2.23. The number of benzene rings is 1. The Balaban J connectivity index is 3.11. The lowest BCUT2D eigenvalue weighted by molar-refractivity contribution is -0.126. The van der Waals surface area contributed by atoms with Crippen LogP contribution in [0.4, 0.5) is 4.39 Å². The summed E-state index contributed by atoms with van der Waals surface area (Å²) in [6.07, 6.45) is 4.41. The first kappa shape index (κ1) is 22.7. The lowest BCUT2D eigenvalue weighted by atomic mass is 9.94. The van der Waals surface area contributed by atoms with E-state index in [1.165, 1.54) is 12.1 Å². The Morgan fingerprint density at radius 3 is 2.33 bits per heavy atom. The van der Waals surface area contributed by atoms with Crippen molar-refractivity contribution < 1.29 is 9.18 Å². The third kappa shape index (κ3) is 7.85. The van der Waals surface area contributed by atoms with Gasteiger partial charge in [0, 0.05) is 5.92 Å². The molecule has 1 amide bonds. The van der Waals surface area contributed by atoms with Gasteiger partial charge in [0.25, 0.3) is 0 Å². The molecule has 0 aromatic heterocycles. The molecule has 1 aromatic rings. The summed E-state index contributed by atoms with van der Waals surface area (Å²) < 4.78 is 13.4. The second-order valence-corrected chi connectivity index (χ2v) is 7.22. The van der Waals surface area contributed by atoms with Crippen molar-refractivity contribution in [3.63, 3.8) is 0 Å². The summed E-state index contributed by atoms with van der Waals surface area (Å²) in [4.78, 5) is 12.9. The topological polar surface area (TPSA) is 53.8 Å². The maximum atomic E-state index is 13.4. The van der Waals surface area contributed by atoms with E-state index in [2.05, 4.69) is 36.0 Å². The molecule has 0 spiro atoms. The molecule has 27 heavy (non-hydrogen) atoms. The highest BCUT2D eigenvalue weighted by atomic mass is 19.1. The zero-order valence-electron chi connectivity index (χ0n) is 17.1. The standard InChI is InChI=1S/C22H32FN3O/c1-7-17(10-9-15(3)4)22(27)24-21(18-11-13-19(23)14-12-18)20(8-2)26-25-16(5)6/h8,11-15,17,21H,5,7,9-10H2,1-4,6H3,(H,24,27)/b20-8-,26-25?. The van der Waals surface area contributed by atoms with Crippen molar-refractivity contribution in [3.8, 4) is 0 Å². The van der Waals surface area contributed by atoms with E-state index < -0.39 is 6.04 Å². The fraction of sp³-hybridized carbons (Fsp3) is 0.500. The minimum absolute atomic E-state index is 0.0163. The van der Waals surface area contributed by atoms with Gasteiger partial charge in [-0.15, -0.1) is 0 Å². The number of amides is 1. The average molecular weight is 374 g/mol. The monoisotopic (exact) mass is 373 g/mol. The number of carbonyl (C=O) groups excluding carboxylic acids is 1. The molecule has 0 aliphatic rings. The summed E-state index contributed by atoms with van der Waals surface area (Å²) in [5, 5.41) is 11.3. The van der Waals surface area contributed by atoms with Gasteiger partial charge in [-0.05, 0) is 50.3 Å². The van der Waals surface area contributed by atoms with Crippen LogP contribution in [0.25, 0.3) is 0 Å². The molecule has 5 heteroatoms. The van der Waals surface area contributed by atoms with E-state index in [4.69, 9.17) is 0 Å². The molecule has 148 valence electrons. The summed E-state index contributed by atoms with van der Waals surface area (Å²) in [6, 6.07) is 5.60. The van der Waals surface area contributed by atoms with Gasteiger partial charge in [0.15, 0.2) is 0 Å². The van der Waals surface area contributed by atoms with Gasteiger partial charge in [0.2, 0.25) is 5.91 Å². The van der Waals surface area contributed by atoms with Gasteiger partial charge in [0.05, 0.1) is 17.4 Å². The molecule has 1 rings (SSSR count). The molecule has 0 radical (unpaired) electrons. The average Bonchev–Trinajstić information content (AvgIpc) is 2.62. The summed E-state index contributed by atoms with van der Waals surface area (Å²) >= 11 is 0. The van der Waals surface area contributed by atoms with Crippen molar-refractivity contribution in [1.29, 1.82) is 0 Å². The quantitative estimate of drug-likeness (QED) is 0.478. The Hall–Kier alpha value is -2.30. The molecule has 0 saturated carbocycles. The van der Waals surface area contributed by atoms with Crippen LogP contribution in [-0.4, -0.2) is 5.91 Å². The van der Waals surface area contributed by atoms with E-state index in [1.54, 1.807) is 25.1 Å². The first-order valence-corrected chi connectivity index (χ1v) is 9.57. The summed E-state index contributed by atoms with van der Waals surface area (Å²) in [7, 11) is 0. The SMILES string of the molecule is C=C(C)N=N/C(=C\C)C(NC(=O)C(CC)CCC(C)C)c1ccc(F)cc1. The third-order valence-corrected chi connectivity index (χ3v) is 4.37. The molecule has 0 aliphatic carbocycles. The van der Waals surface area contributed by atoms with Crippen molar-refractivity contribution in [2.45, 2.75) is 59.9 Å². The van der Waals surface area contributed by atoms with Crippen LogP contribution >= 0.6 is 0 Å². The molecular weight excluding hydrogens is 341 g/mol.